The average molecular weight is 347 g/mol. The molecule has 0 radical (unpaired) electrons. The van der Waals surface area contributed by atoms with Gasteiger partial charge in [-0.1, -0.05) is 13.8 Å². The van der Waals surface area contributed by atoms with E-state index in [4.69, 9.17) is 0 Å². The molecule has 124 valence electrons. The fourth-order valence-corrected chi connectivity index (χ4v) is 5.21. The van der Waals surface area contributed by atoms with E-state index in [-0.39, 0.29) is 5.75 Å². The van der Waals surface area contributed by atoms with Gasteiger partial charge in [0, 0.05) is 25.3 Å². The van der Waals surface area contributed by atoms with Crippen LogP contribution in [-0.4, -0.2) is 46.5 Å². The van der Waals surface area contributed by atoms with Gasteiger partial charge in [0.05, 0.1) is 11.4 Å². The highest BCUT2D eigenvalue weighted by Gasteiger charge is 2.28. The summed E-state index contributed by atoms with van der Waals surface area (Å²) >= 11 is 0. The van der Waals surface area contributed by atoms with E-state index in [1.807, 2.05) is 0 Å². The van der Waals surface area contributed by atoms with Crippen LogP contribution in [0.2, 0.25) is 0 Å². The van der Waals surface area contributed by atoms with Gasteiger partial charge in [-0.15, -0.1) is 0 Å². The molecule has 1 saturated heterocycles. The highest BCUT2D eigenvalue weighted by Crippen LogP contribution is 2.25. The van der Waals surface area contributed by atoms with Crippen LogP contribution in [0.25, 0.3) is 0 Å². The third-order valence-corrected chi connectivity index (χ3v) is 7.11. The molecule has 1 aliphatic heterocycles. The monoisotopic (exact) mass is 347 g/mol. The Morgan fingerprint density at radius 3 is 2.23 bits per heavy atom. The van der Waals surface area contributed by atoms with Crippen LogP contribution in [0.4, 0.5) is 11.4 Å². The van der Waals surface area contributed by atoms with Crippen molar-refractivity contribution in [1.29, 1.82) is 0 Å². The van der Waals surface area contributed by atoms with E-state index in [0.29, 0.717) is 37.4 Å². The summed E-state index contributed by atoms with van der Waals surface area (Å²) in [6.45, 7) is 4.77. The average Bonchev–Trinajstić information content (AvgIpc) is 2.80. The maximum atomic E-state index is 12.1. The fraction of sp³-hybridized carbons (Fsp3) is 0.538. The Morgan fingerprint density at radius 2 is 1.77 bits per heavy atom. The van der Waals surface area contributed by atoms with Crippen molar-refractivity contribution >= 4 is 31.6 Å². The third kappa shape index (κ3) is 3.53. The van der Waals surface area contributed by atoms with Crippen LogP contribution < -0.4 is 9.03 Å². The Bertz CT molecular complexity index is 710. The van der Waals surface area contributed by atoms with E-state index >= 15 is 0 Å². The molecule has 1 N–H and O–H groups in total. The summed E-state index contributed by atoms with van der Waals surface area (Å²) < 4.78 is 53.1. The Morgan fingerprint density at radius 1 is 1.18 bits per heavy atom. The molecule has 2 rings (SSSR count). The second-order valence-corrected chi connectivity index (χ2v) is 8.66. The second-order valence-electron chi connectivity index (χ2n) is 4.98. The Balaban J connectivity index is 2.16. The number of anilines is 2. The first-order valence-electron chi connectivity index (χ1n) is 7.18. The molecule has 1 aromatic rings. The van der Waals surface area contributed by atoms with Gasteiger partial charge in [-0.3, -0.25) is 9.03 Å². The highest BCUT2D eigenvalue weighted by molar-refractivity contribution is 7.93. The van der Waals surface area contributed by atoms with E-state index in [9.17, 15) is 16.8 Å². The lowest BCUT2D eigenvalue weighted by Gasteiger charge is -2.20. The van der Waals surface area contributed by atoms with Crippen LogP contribution in [-0.2, 0) is 20.2 Å². The molecule has 0 spiro atoms. The smallest absolute Gasteiger partial charge is 0.271 e. The van der Waals surface area contributed by atoms with Gasteiger partial charge in [0.1, 0.15) is 0 Å². The van der Waals surface area contributed by atoms with E-state index in [1.54, 1.807) is 38.1 Å². The quantitative estimate of drug-likeness (QED) is 0.838. The van der Waals surface area contributed by atoms with Gasteiger partial charge in [-0.25, -0.2) is 8.42 Å². The van der Waals surface area contributed by atoms with Gasteiger partial charge in [0.25, 0.3) is 0 Å². The van der Waals surface area contributed by atoms with Gasteiger partial charge in [-0.05, 0) is 30.7 Å². The van der Waals surface area contributed by atoms with Gasteiger partial charge < -0.3 is 0 Å². The van der Waals surface area contributed by atoms with Crippen LogP contribution in [0.5, 0.6) is 0 Å². The Labute approximate surface area is 132 Å². The SMILES string of the molecule is CCN(CC)S(=O)(=O)Nc1ccc(N2CCCS2(=O)=O)cc1. The number of rotatable bonds is 6. The normalized spacial score (nSPS) is 17.9. The lowest BCUT2D eigenvalue weighted by Crippen LogP contribution is -2.35. The summed E-state index contributed by atoms with van der Waals surface area (Å²) in [5.41, 5.74) is 0.968. The first-order chi connectivity index (χ1) is 10.3. The minimum Gasteiger partial charge on any atom is -0.271 e. The van der Waals surface area contributed by atoms with Crippen molar-refractivity contribution in [3.63, 3.8) is 0 Å². The number of benzene rings is 1. The lowest BCUT2D eigenvalue weighted by molar-refractivity contribution is 0.449. The van der Waals surface area contributed by atoms with E-state index in [0.717, 1.165) is 0 Å². The lowest BCUT2D eigenvalue weighted by atomic mass is 10.3. The Hall–Kier alpha value is -1.32. The maximum Gasteiger partial charge on any atom is 0.301 e. The predicted octanol–water partition coefficient (Wildman–Crippen LogP) is 1.23. The molecule has 7 nitrogen and oxygen atoms in total. The summed E-state index contributed by atoms with van der Waals surface area (Å²) in [5, 5.41) is 0. The zero-order chi connectivity index (χ0) is 16.4. The minimum atomic E-state index is -3.58. The van der Waals surface area contributed by atoms with Crippen LogP contribution in [0.15, 0.2) is 24.3 Å². The van der Waals surface area contributed by atoms with Crippen molar-refractivity contribution < 1.29 is 16.8 Å². The summed E-state index contributed by atoms with van der Waals surface area (Å²) in [5.74, 6) is 0.156. The zero-order valence-corrected chi connectivity index (χ0v) is 14.3. The molecular formula is C13H21N3O4S2. The van der Waals surface area contributed by atoms with Crippen LogP contribution >= 0.6 is 0 Å². The highest BCUT2D eigenvalue weighted by atomic mass is 32.2. The number of hydrogen-bond acceptors (Lipinski definition) is 4. The van der Waals surface area contributed by atoms with E-state index < -0.39 is 20.2 Å². The van der Waals surface area contributed by atoms with Gasteiger partial charge in [0.2, 0.25) is 10.0 Å². The molecule has 1 aliphatic rings. The van der Waals surface area contributed by atoms with Crippen LogP contribution in [0.3, 0.4) is 0 Å². The van der Waals surface area contributed by atoms with Crippen molar-refractivity contribution in [1.82, 2.24) is 4.31 Å². The molecule has 1 heterocycles. The van der Waals surface area contributed by atoms with E-state index in [1.165, 1.54) is 8.61 Å². The standard InChI is InChI=1S/C13H21N3O4S2/c1-3-15(4-2)22(19,20)14-12-6-8-13(9-7-12)16-10-5-11-21(16,17)18/h6-9,14H,3-5,10-11H2,1-2H3. The first-order valence-corrected chi connectivity index (χ1v) is 10.2. The largest absolute Gasteiger partial charge is 0.301 e. The number of nitrogens with one attached hydrogen (secondary N) is 1. The summed E-state index contributed by atoms with van der Waals surface area (Å²) in [6, 6.07) is 6.38. The molecule has 22 heavy (non-hydrogen) atoms. The van der Waals surface area contributed by atoms with Crippen molar-refractivity contribution in [2.75, 3.05) is 34.4 Å². The molecule has 0 aromatic heterocycles. The number of hydrogen-bond donors (Lipinski definition) is 1. The van der Waals surface area contributed by atoms with Crippen molar-refractivity contribution in [2.24, 2.45) is 0 Å². The fourth-order valence-electron chi connectivity index (χ4n) is 2.40. The van der Waals surface area contributed by atoms with Crippen LogP contribution in [0.1, 0.15) is 20.3 Å². The molecule has 0 unspecified atom stereocenters. The number of sulfonamides is 1. The number of nitrogens with zero attached hydrogens (tertiary/aromatic N) is 2. The molecule has 0 bridgehead atoms. The summed E-state index contributed by atoms with van der Waals surface area (Å²) in [6.07, 6.45) is 0.610. The second kappa shape index (κ2) is 6.43. The molecule has 9 heteroatoms. The topological polar surface area (TPSA) is 86.8 Å². The molecule has 0 amide bonds. The molecule has 0 aliphatic carbocycles. The molecular weight excluding hydrogens is 326 g/mol. The van der Waals surface area contributed by atoms with Crippen molar-refractivity contribution in [2.45, 2.75) is 20.3 Å². The zero-order valence-electron chi connectivity index (χ0n) is 12.7. The van der Waals surface area contributed by atoms with Gasteiger partial charge in [-0.2, -0.15) is 12.7 Å². The van der Waals surface area contributed by atoms with Gasteiger partial charge in [0.15, 0.2) is 0 Å². The summed E-state index contributed by atoms with van der Waals surface area (Å²) in [4.78, 5) is 0. The summed E-state index contributed by atoms with van der Waals surface area (Å²) in [7, 11) is -6.80. The van der Waals surface area contributed by atoms with E-state index in [2.05, 4.69) is 4.72 Å². The maximum absolute atomic E-state index is 12.1. The molecule has 1 aromatic carbocycles. The molecule has 0 atom stereocenters. The molecule has 1 fully saturated rings. The van der Waals surface area contributed by atoms with Gasteiger partial charge >= 0.3 is 10.2 Å². The van der Waals surface area contributed by atoms with Crippen molar-refractivity contribution in [3.8, 4) is 0 Å². The van der Waals surface area contributed by atoms with Crippen molar-refractivity contribution in [3.05, 3.63) is 24.3 Å². The predicted molar refractivity (Wildman–Crippen MR) is 87.7 cm³/mol. The first kappa shape index (κ1) is 17.0. The Kier molecular flexibility index (Phi) is 4.98. The minimum absolute atomic E-state index is 0.156. The van der Waals surface area contributed by atoms with Crippen LogP contribution in [0, 0.1) is 0 Å². The molecule has 0 saturated carbocycles. The third-order valence-electron chi connectivity index (χ3n) is 3.55.